The molecule has 4 unspecified atom stereocenters. The Kier molecular flexibility index (Phi) is 9.08. The zero-order valence-corrected chi connectivity index (χ0v) is 23.5. The fraction of sp³-hybridized carbons (Fsp3) is 0.821. The minimum absolute atomic E-state index is 0.00748. The highest BCUT2D eigenvalue weighted by Crippen LogP contribution is 2.41. The molecule has 3 rings (SSSR count). The molecule has 2 heterocycles. The Morgan fingerprint density at radius 2 is 1.77 bits per heavy atom. The predicted molar refractivity (Wildman–Crippen MR) is 137 cm³/mol. The first-order valence-corrected chi connectivity index (χ1v) is 13.9. The summed E-state index contributed by atoms with van der Waals surface area (Å²) in [5.41, 5.74) is -1.37. The lowest BCUT2D eigenvalue weighted by atomic mass is 9.76. The van der Waals surface area contributed by atoms with E-state index in [1.807, 2.05) is 19.9 Å². The summed E-state index contributed by atoms with van der Waals surface area (Å²) in [5, 5.41) is 15.3. The van der Waals surface area contributed by atoms with E-state index in [-0.39, 0.29) is 24.8 Å². The number of carbonyl (C=O) groups is 4. The number of nitrogens with one attached hydrogen (secondary N) is 2. The SMILES string of the molecule is CC1(C)CC(CC(C#N)NC(=O)C2CC(C3CCCC3)CN2C(=O)[C@@H](CC(=O)C(F)(F)F)C(C)(C)C)C(=O)N1. The molecule has 5 atom stereocenters. The molecule has 2 aliphatic heterocycles. The van der Waals surface area contributed by atoms with Crippen LogP contribution in [-0.4, -0.2) is 58.7 Å². The number of halogens is 3. The molecule has 8 nitrogen and oxygen atoms in total. The monoisotopic (exact) mass is 554 g/mol. The molecule has 1 aliphatic carbocycles. The van der Waals surface area contributed by atoms with Gasteiger partial charge < -0.3 is 15.5 Å². The Hall–Kier alpha value is -2.64. The number of Topliss-reactive ketones (excluding diaryl/α,β-unsaturated/α-hetero) is 1. The van der Waals surface area contributed by atoms with Crippen molar-refractivity contribution in [2.24, 2.45) is 29.1 Å². The zero-order chi connectivity index (χ0) is 29.3. The molecule has 1 saturated carbocycles. The average Bonchev–Trinajstić information content (AvgIpc) is 3.53. The molecule has 2 saturated heterocycles. The number of amides is 3. The number of rotatable bonds is 8. The smallest absolute Gasteiger partial charge is 0.351 e. The normalized spacial score (nSPS) is 27.1. The van der Waals surface area contributed by atoms with Crippen molar-refractivity contribution in [3.8, 4) is 6.07 Å². The van der Waals surface area contributed by atoms with E-state index in [9.17, 15) is 37.6 Å². The lowest BCUT2D eigenvalue weighted by Gasteiger charge is -2.35. The van der Waals surface area contributed by atoms with Crippen molar-refractivity contribution >= 4 is 23.5 Å². The molecule has 0 aromatic carbocycles. The Bertz CT molecular complexity index is 1010. The maximum atomic E-state index is 13.8. The standard InChI is InChI=1S/C28H41F3N4O4/c1-26(2,3)20(12-22(36)28(29,30)31)25(39)35-15-18(16-8-6-7-9-16)11-21(35)24(38)33-19(14-32)10-17-13-27(4,5)34-23(17)37/h16-21H,6-13,15H2,1-5H3,(H,33,38)(H,34,37)/t17?,18?,19?,20-,21?/m1/s1. The highest BCUT2D eigenvalue weighted by Gasteiger charge is 2.49. The van der Waals surface area contributed by atoms with Crippen LogP contribution >= 0.6 is 0 Å². The van der Waals surface area contributed by atoms with Gasteiger partial charge in [-0.05, 0) is 50.4 Å². The van der Waals surface area contributed by atoms with Crippen molar-refractivity contribution in [1.29, 1.82) is 5.26 Å². The summed E-state index contributed by atoms with van der Waals surface area (Å²) in [6, 6.07) is 0.124. The van der Waals surface area contributed by atoms with E-state index in [2.05, 4.69) is 10.6 Å². The maximum absolute atomic E-state index is 13.8. The summed E-state index contributed by atoms with van der Waals surface area (Å²) in [4.78, 5) is 52.9. The van der Waals surface area contributed by atoms with Gasteiger partial charge in [-0.25, -0.2) is 0 Å². The first-order valence-electron chi connectivity index (χ1n) is 13.9. The van der Waals surface area contributed by atoms with Crippen LogP contribution in [0.3, 0.4) is 0 Å². The van der Waals surface area contributed by atoms with Crippen LogP contribution in [0.2, 0.25) is 0 Å². The highest BCUT2D eigenvalue weighted by molar-refractivity contribution is 5.93. The zero-order valence-electron chi connectivity index (χ0n) is 23.5. The second-order valence-electron chi connectivity index (χ2n) is 13.3. The van der Waals surface area contributed by atoms with Crippen molar-refractivity contribution in [2.45, 2.75) is 110 Å². The molecule has 218 valence electrons. The third kappa shape index (κ3) is 7.52. The quantitative estimate of drug-likeness (QED) is 0.472. The van der Waals surface area contributed by atoms with E-state index in [4.69, 9.17) is 0 Å². The number of ketones is 1. The topological polar surface area (TPSA) is 119 Å². The fourth-order valence-electron chi connectivity index (χ4n) is 6.48. The number of nitrogens with zero attached hydrogens (tertiary/aromatic N) is 2. The van der Waals surface area contributed by atoms with Gasteiger partial charge in [-0.3, -0.25) is 19.2 Å². The van der Waals surface area contributed by atoms with Gasteiger partial charge in [-0.1, -0.05) is 46.5 Å². The number of hydrogen-bond donors (Lipinski definition) is 2. The van der Waals surface area contributed by atoms with Gasteiger partial charge in [0, 0.05) is 24.4 Å². The number of hydrogen-bond acceptors (Lipinski definition) is 5. The van der Waals surface area contributed by atoms with E-state index in [1.165, 1.54) is 4.90 Å². The number of alkyl halides is 3. The minimum Gasteiger partial charge on any atom is -0.351 e. The third-order valence-electron chi connectivity index (χ3n) is 8.62. The molecular formula is C28H41F3N4O4. The Balaban J connectivity index is 1.81. The van der Waals surface area contributed by atoms with Gasteiger partial charge in [-0.2, -0.15) is 18.4 Å². The molecule has 3 amide bonds. The van der Waals surface area contributed by atoms with E-state index < -0.39 is 65.1 Å². The molecule has 11 heteroatoms. The van der Waals surface area contributed by atoms with Crippen LogP contribution in [0.1, 0.15) is 86.0 Å². The lowest BCUT2D eigenvalue weighted by Crippen LogP contribution is -2.52. The third-order valence-corrected chi connectivity index (χ3v) is 8.62. The predicted octanol–water partition coefficient (Wildman–Crippen LogP) is 3.89. The largest absolute Gasteiger partial charge is 0.449 e. The Labute approximate surface area is 228 Å². The van der Waals surface area contributed by atoms with Gasteiger partial charge in [-0.15, -0.1) is 0 Å². The van der Waals surface area contributed by atoms with Gasteiger partial charge in [0.05, 0.1) is 12.0 Å². The van der Waals surface area contributed by atoms with Crippen LogP contribution in [0.4, 0.5) is 13.2 Å². The lowest BCUT2D eigenvalue weighted by molar-refractivity contribution is -0.174. The van der Waals surface area contributed by atoms with Crippen molar-refractivity contribution in [3.63, 3.8) is 0 Å². The maximum Gasteiger partial charge on any atom is 0.449 e. The molecule has 0 aromatic rings. The fourth-order valence-corrected chi connectivity index (χ4v) is 6.48. The number of likely N-dealkylation sites (tertiary alicyclic amines) is 1. The summed E-state index contributed by atoms with van der Waals surface area (Å²) in [6.07, 6.45) is -1.04. The highest BCUT2D eigenvalue weighted by atomic mass is 19.4. The number of nitriles is 1. The van der Waals surface area contributed by atoms with Gasteiger partial charge in [0.25, 0.3) is 0 Å². The molecule has 3 aliphatic rings. The molecule has 0 bridgehead atoms. The molecule has 2 N–H and O–H groups in total. The first kappa shape index (κ1) is 30.9. The van der Waals surface area contributed by atoms with Crippen LogP contribution in [0.5, 0.6) is 0 Å². The Morgan fingerprint density at radius 3 is 2.26 bits per heavy atom. The van der Waals surface area contributed by atoms with Crippen LogP contribution in [0, 0.1) is 40.4 Å². The molecule has 0 spiro atoms. The van der Waals surface area contributed by atoms with E-state index in [0.29, 0.717) is 18.8 Å². The van der Waals surface area contributed by atoms with E-state index in [1.54, 1.807) is 20.8 Å². The van der Waals surface area contributed by atoms with Crippen molar-refractivity contribution < 1.29 is 32.3 Å². The summed E-state index contributed by atoms with van der Waals surface area (Å²) in [7, 11) is 0. The molecular weight excluding hydrogens is 513 g/mol. The van der Waals surface area contributed by atoms with Gasteiger partial charge >= 0.3 is 6.18 Å². The molecule has 0 aromatic heterocycles. The summed E-state index contributed by atoms with van der Waals surface area (Å²) < 4.78 is 39.4. The molecule has 39 heavy (non-hydrogen) atoms. The van der Waals surface area contributed by atoms with Gasteiger partial charge in [0.15, 0.2) is 0 Å². The van der Waals surface area contributed by atoms with Crippen molar-refractivity contribution in [3.05, 3.63) is 0 Å². The molecule has 0 radical (unpaired) electrons. The van der Waals surface area contributed by atoms with E-state index in [0.717, 1.165) is 25.7 Å². The minimum atomic E-state index is -5.06. The van der Waals surface area contributed by atoms with Gasteiger partial charge in [0.2, 0.25) is 23.5 Å². The van der Waals surface area contributed by atoms with Crippen molar-refractivity contribution in [1.82, 2.24) is 15.5 Å². The van der Waals surface area contributed by atoms with E-state index >= 15 is 0 Å². The first-order chi connectivity index (χ1) is 17.9. The Morgan fingerprint density at radius 1 is 1.15 bits per heavy atom. The summed E-state index contributed by atoms with van der Waals surface area (Å²) in [5.74, 6) is -4.75. The van der Waals surface area contributed by atoms with Crippen LogP contribution < -0.4 is 10.6 Å². The van der Waals surface area contributed by atoms with Crippen LogP contribution in [0.25, 0.3) is 0 Å². The summed E-state index contributed by atoms with van der Waals surface area (Å²) >= 11 is 0. The van der Waals surface area contributed by atoms with Crippen molar-refractivity contribution in [2.75, 3.05) is 6.54 Å². The van der Waals surface area contributed by atoms with Crippen LogP contribution in [0.15, 0.2) is 0 Å². The second kappa shape index (κ2) is 11.5. The van der Waals surface area contributed by atoms with Crippen LogP contribution in [-0.2, 0) is 19.2 Å². The number of carbonyl (C=O) groups excluding carboxylic acids is 4. The summed E-state index contributed by atoms with van der Waals surface area (Å²) in [6.45, 7) is 8.82. The average molecular weight is 555 g/mol. The van der Waals surface area contributed by atoms with Gasteiger partial charge in [0.1, 0.15) is 12.1 Å². The second-order valence-corrected chi connectivity index (χ2v) is 13.3. The molecule has 3 fully saturated rings.